The maximum absolute atomic E-state index is 9.46. The van der Waals surface area contributed by atoms with Crippen molar-refractivity contribution in [3.05, 3.63) is 5.01 Å². The summed E-state index contributed by atoms with van der Waals surface area (Å²) >= 11 is 1.41. The molecular weight excluding hydrogens is 200 g/mol. The number of aromatic nitrogens is 2. The lowest BCUT2D eigenvalue weighted by Gasteiger charge is -2.28. The molecule has 1 aliphatic rings. The van der Waals surface area contributed by atoms with E-state index in [1.54, 1.807) is 0 Å². The number of nitrogens with zero attached hydrogens (tertiary/aromatic N) is 3. The van der Waals surface area contributed by atoms with Crippen molar-refractivity contribution in [2.24, 2.45) is 0 Å². The van der Waals surface area contributed by atoms with Gasteiger partial charge < -0.3 is 10.8 Å². The van der Waals surface area contributed by atoms with E-state index in [2.05, 4.69) is 15.1 Å². The Morgan fingerprint density at radius 3 is 3.07 bits per heavy atom. The molecule has 0 aromatic carbocycles. The number of piperidine rings is 1. The van der Waals surface area contributed by atoms with Gasteiger partial charge in [-0.2, -0.15) is 0 Å². The fourth-order valence-corrected chi connectivity index (χ4v) is 2.35. The number of β-amino-alcohol motifs (C(OH)–C–C–N with tert-alkyl or cyclic N) is 1. The van der Waals surface area contributed by atoms with E-state index in [1.165, 1.54) is 11.3 Å². The molecule has 1 fully saturated rings. The lowest BCUT2D eigenvalue weighted by atomic mass is 10.1. The third-order valence-corrected chi connectivity index (χ3v) is 3.06. The van der Waals surface area contributed by atoms with Crippen molar-refractivity contribution < 1.29 is 5.11 Å². The highest BCUT2D eigenvalue weighted by molar-refractivity contribution is 7.15. The number of rotatable bonds is 2. The van der Waals surface area contributed by atoms with Crippen LogP contribution in [-0.2, 0) is 6.54 Å². The highest BCUT2D eigenvalue weighted by Crippen LogP contribution is 2.16. The fourth-order valence-electron chi connectivity index (χ4n) is 1.70. The summed E-state index contributed by atoms with van der Waals surface area (Å²) in [6.45, 7) is 2.52. The minimum absolute atomic E-state index is 0.186. The molecular formula is C8H14N4OS. The zero-order valence-corrected chi connectivity index (χ0v) is 8.70. The van der Waals surface area contributed by atoms with Crippen LogP contribution < -0.4 is 5.73 Å². The standard InChI is InChI=1S/C8H14N4OS/c9-8-11-10-7(14-8)5-12-3-1-2-6(13)4-12/h6,13H,1-5H2,(H2,9,11). The second-order valence-corrected chi connectivity index (χ2v) is 4.66. The highest BCUT2D eigenvalue weighted by Gasteiger charge is 2.18. The maximum Gasteiger partial charge on any atom is 0.203 e. The number of aliphatic hydroxyl groups excluding tert-OH is 1. The smallest absolute Gasteiger partial charge is 0.203 e. The van der Waals surface area contributed by atoms with Crippen molar-refractivity contribution in [3.8, 4) is 0 Å². The van der Waals surface area contributed by atoms with Gasteiger partial charge in [-0.25, -0.2) is 0 Å². The summed E-state index contributed by atoms with van der Waals surface area (Å²) in [4.78, 5) is 2.19. The lowest BCUT2D eigenvalue weighted by molar-refractivity contribution is 0.0667. The number of nitrogens with two attached hydrogens (primary N) is 1. The van der Waals surface area contributed by atoms with E-state index < -0.39 is 0 Å². The molecule has 78 valence electrons. The van der Waals surface area contributed by atoms with Gasteiger partial charge in [0.1, 0.15) is 5.01 Å². The summed E-state index contributed by atoms with van der Waals surface area (Å²) in [5, 5.41) is 18.6. The van der Waals surface area contributed by atoms with Crippen LogP contribution in [0, 0.1) is 0 Å². The molecule has 1 aromatic heterocycles. The summed E-state index contributed by atoms with van der Waals surface area (Å²) in [7, 11) is 0. The Balaban J connectivity index is 1.90. The first-order valence-electron chi connectivity index (χ1n) is 4.72. The third kappa shape index (κ3) is 2.40. The molecule has 2 rings (SSSR count). The van der Waals surface area contributed by atoms with E-state index in [0.29, 0.717) is 5.13 Å². The molecule has 1 unspecified atom stereocenters. The van der Waals surface area contributed by atoms with Gasteiger partial charge in [-0.05, 0) is 19.4 Å². The Morgan fingerprint density at radius 1 is 1.57 bits per heavy atom. The quantitative estimate of drug-likeness (QED) is 0.729. The molecule has 0 bridgehead atoms. The SMILES string of the molecule is Nc1nnc(CN2CCCC(O)C2)s1. The minimum atomic E-state index is -0.186. The topological polar surface area (TPSA) is 75.3 Å². The second kappa shape index (κ2) is 4.20. The second-order valence-electron chi connectivity index (χ2n) is 3.57. The predicted octanol–water partition coefficient (Wildman–Crippen LogP) is 0.0770. The van der Waals surface area contributed by atoms with Crippen LogP contribution in [0.1, 0.15) is 17.8 Å². The Kier molecular flexibility index (Phi) is 2.95. The number of anilines is 1. The molecule has 0 saturated carbocycles. The average molecular weight is 214 g/mol. The molecule has 1 atom stereocenters. The van der Waals surface area contributed by atoms with Crippen LogP contribution in [0.4, 0.5) is 5.13 Å². The van der Waals surface area contributed by atoms with Crippen molar-refractivity contribution >= 4 is 16.5 Å². The normalized spacial score (nSPS) is 23.9. The molecule has 0 aliphatic carbocycles. The van der Waals surface area contributed by atoms with Gasteiger partial charge in [-0.1, -0.05) is 11.3 Å². The first-order valence-corrected chi connectivity index (χ1v) is 5.54. The summed E-state index contributed by atoms with van der Waals surface area (Å²) < 4.78 is 0. The predicted molar refractivity (Wildman–Crippen MR) is 54.8 cm³/mol. The average Bonchev–Trinajstić information content (AvgIpc) is 2.51. The van der Waals surface area contributed by atoms with Gasteiger partial charge in [0.25, 0.3) is 0 Å². The van der Waals surface area contributed by atoms with Crippen LogP contribution in [0.3, 0.4) is 0 Å². The number of hydrogen-bond donors (Lipinski definition) is 2. The molecule has 0 radical (unpaired) electrons. The summed E-state index contributed by atoms with van der Waals surface area (Å²) in [5.41, 5.74) is 5.49. The van der Waals surface area contributed by atoms with Crippen LogP contribution in [0.15, 0.2) is 0 Å². The van der Waals surface area contributed by atoms with Crippen LogP contribution >= 0.6 is 11.3 Å². The molecule has 1 aromatic rings. The fraction of sp³-hybridized carbons (Fsp3) is 0.750. The molecule has 2 heterocycles. The Labute approximate surface area is 86.6 Å². The largest absolute Gasteiger partial charge is 0.392 e. The van der Waals surface area contributed by atoms with Gasteiger partial charge in [0.15, 0.2) is 0 Å². The van der Waals surface area contributed by atoms with Crippen molar-refractivity contribution in [2.45, 2.75) is 25.5 Å². The molecule has 3 N–H and O–H groups in total. The van der Waals surface area contributed by atoms with Crippen molar-refractivity contribution in [3.63, 3.8) is 0 Å². The summed E-state index contributed by atoms with van der Waals surface area (Å²) in [5.74, 6) is 0. The van der Waals surface area contributed by atoms with Crippen LogP contribution in [-0.4, -0.2) is 39.4 Å². The zero-order chi connectivity index (χ0) is 9.97. The molecule has 1 aliphatic heterocycles. The van der Waals surface area contributed by atoms with E-state index in [0.717, 1.165) is 37.5 Å². The van der Waals surface area contributed by atoms with Crippen molar-refractivity contribution in [1.82, 2.24) is 15.1 Å². The monoisotopic (exact) mass is 214 g/mol. The van der Waals surface area contributed by atoms with Crippen LogP contribution in [0.25, 0.3) is 0 Å². The Hall–Kier alpha value is -0.720. The zero-order valence-electron chi connectivity index (χ0n) is 7.89. The number of likely N-dealkylation sites (tertiary alicyclic amines) is 1. The van der Waals surface area contributed by atoms with E-state index >= 15 is 0 Å². The maximum atomic E-state index is 9.46. The van der Waals surface area contributed by atoms with Gasteiger partial charge in [-0.3, -0.25) is 4.90 Å². The van der Waals surface area contributed by atoms with Crippen molar-refractivity contribution in [1.29, 1.82) is 0 Å². The molecule has 6 heteroatoms. The summed E-state index contributed by atoms with van der Waals surface area (Å²) in [6, 6.07) is 0. The number of nitrogen functional groups attached to an aromatic ring is 1. The molecule has 0 amide bonds. The lowest BCUT2D eigenvalue weighted by Crippen LogP contribution is -2.37. The van der Waals surface area contributed by atoms with Gasteiger partial charge >= 0.3 is 0 Å². The van der Waals surface area contributed by atoms with Gasteiger partial charge in [0.2, 0.25) is 5.13 Å². The van der Waals surface area contributed by atoms with E-state index in [-0.39, 0.29) is 6.10 Å². The highest BCUT2D eigenvalue weighted by atomic mass is 32.1. The Bertz CT molecular complexity index is 303. The van der Waals surface area contributed by atoms with Gasteiger partial charge in [0, 0.05) is 6.54 Å². The van der Waals surface area contributed by atoms with Crippen LogP contribution in [0.5, 0.6) is 0 Å². The van der Waals surface area contributed by atoms with E-state index in [4.69, 9.17) is 5.73 Å². The summed E-state index contributed by atoms with van der Waals surface area (Å²) in [6.07, 6.45) is 1.78. The number of hydrogen-bond acceptors (Lipinski definition) is 6. The molecule has 0 spiro atoms. The number of aliphatic hydroxyl groups is 1. The van der Waals surface area contributed by atoms with Gasteiger partial charge in [0.05, 0.1) is 12.6 Å². The molecule has 14 heavy (non-hydrogen) atoms. The van der Waals surface area contributed by atoms with E-state index in [9.17, 15) is 5.11 Å². The van der Waals surface area contributed by atoms with Gasteiger partial charge in [-0.15, -0.1) is 10.2 Å². The van der Waals surface area contributed by atoms with Crippen molar-refractivity contribution in [2.75, 3.05) is 18.8 Å². The Morgan fingerprint density at radius 2 is 2.43 bits per heavy atom. The molecule has 1 saturated heterocycles. The van der Waals surface area contributed by atoms with E-state index in [1.807, 2.05) is 0 Å². The first kappa shape index (κ1) is 9.82. The first-order chi connectivity index (χ1) is 6.74. The van der Waals surface area contributed by atoms with Crippen LogP contribution in [0.2, 0.25) is 0 Å². The third-order valence-electron chi connectivity index (χ3n) is 2.32. The molecule has 5 nitrogen and oxygen atoms in total. The minimum Gasteiger partial charge on any atom is -0.392 e.